The molecule has 34 heavy (non-hydrogen) atoms. The van der Waals surface area contributed by atoms with Crippen LogP contribution in [0.25, 0.3) is 0 Å². The highest BCUT2D eigenvalue weighted by atomic mass is 19.1. The number of carbonyl (C=O) groups excluding carboxylic acids is 1. The molecule has 0 fully saturated rings. The van der Waals surface area contributed by atoms with Crippen molar-refractivity contribution in [3.8, 4) is 0 Å². The first-order chi connectivity index (χ1) is 16.2. The zero-order valence-corrected chi connectivity index (χ0v) is 20.7. The molecule has 178 valence electrons. The SMILES string of the molecule is CC1=C(/C=C/C(C)=C/C=C/C(C)=C/C(=O)Nc2cccc(F)c2)C(C)(C)CCC1n1ccnc1. The predicted molar refractivity (Wildman–Crippen MR) is 138 cm³/mol. The summed E-state index contributed by atoms with van der Waals surface area (Å²) in [4.78, 5) is 16.3. The molecule has 1 unspecified atom stereocenters. The lowest BCUT2D eigenvalue weighted by Crippen LogP contribution is -2.25. The van der Waals surface area contributed by atoms with Gasteiger partial charge in [0.1, 0.15) is 5.82 Å². The summed E-state index contributed by atoms with van der Waals surface area (Å²) in [6, 6.07) is 6.20. The van der Waals surface area contributed by atoms with Gasteiger partial charge in [0.05, 0.1) is 12.4 Å². The second-order valence-corrected chi connectivity index (χ2v) is 9.54. The van der Waals surface area contributed by atoms with Crippen molar-refractivity contribution in [2.24, 2.45) is 5.41 Å². The van der Waals surface area contributed by atoms with E-state index in [0.29, 0.717) is 11.7 Å². The van der Waals surface area contributed by atoms with Gasteiger partial charge >= 0.3 is 0 Å². The Labute approximate surface area is 202 Å². The van der Waals surface area contributed by atoms with E-state index in [1.165, 1.54) is 29.4 Å². The van der Waals surface area contributed by atoms with E-state index in [2.05, 4.69) is 54.7 Å². The molecular formula is C29H34FN3O. The van der Waals surface area contributed by atoms with Crippen molar-refractivity contribution in [2.75, 3.05) is 5.32 Å². The molecule has 0 saturated heterocycles. The summed E-state index contributed by atoms with van der Waals surface area (Å²) < 4.78 is 15.5. The monoisotopic (exact) mass is 459 g/mol. The number of carbonyl (C=O) groups is 1. The molecule has 1 aromatic heterocycles. The van der Waals surface area contributed by atoms with Crippen LogP contribution in [0.5, 0.6) is 0 Å². The van der Waals surface area contributed by atoms with E-state index >= 15 is 0 Å². The van der Waals surface area contributed by atoms with Crippen LogP contribution >= 0.6 is 0 Å². The fourth-order valence-corrected chi connectivity index (χ4v) is 4.37. The number of benzene rings is 1. The number of halogens is 1. The number of nitrogens with one attached hydrogen (secondary N) is 1. The maximum Gasteiger partial charge on any atom is 0.248 e. The summed E-state index contributed by atoms with van der Waals surface area (Å²) in [6.45, 7) is 10.8. The molecule has 1 amide bonds. The van der Waals surface area contributed by atoms with E-state index in [1.54, 1.807) is 12.1 Å². The molecule has 1 heterocycles. The summed E-state index contributed by atoms with van der Waals surface area (Å²) in [5.41, 5.74) is 5.24. The maximum atomic E-state index is 13.3. The first kappa shape index (κ1) is 25.2. The Hall–Kier alpha value is -3.47. The number of amides is 1. The number of hydrogen-bond acceptors (Lipinski definition) is 2. The molecular weight excluding hydrogens is 425 g/mol. The molecule has 1 atom stereocenters. The Bertz CT molecular complexity index is 1160. The third-order valence-electron chi connectivity index (χ3n) is 6.26. The Morgan fingerprint density at radius 1 is 1.24 bits per heavy atom. The highest BCUT2D eigenvalue weighted by Crippen LogP contribution is 2.45. The number of aromatic nitrogens is 2. The predicted octanol–water partition coefficient (Wildman–Crippen LogP) is 7.34. The van der Waals surface area contributed by atoms with Crippen molar-refractivity contribution in [2.45, 2.75) is 53.5 Å². The molecule has 1 aliphatic rings. The van der Waals surface area contributed by atoms with E-state index in [9.17, 15) is 9.18 Å². The highest BCUT2D eigenvalue weighted by Gasteiger charge is 2.32. The molecule has 1 aliphatic carbocycles. The maximum absolute atomic E-state index is 13.3. The molecule has 0 saturated carbocycles. The quantitative estimate of drug-likeness (QED) is 0.348. The molecule has 0 aliphatic heterocycles. The topological polar surface area (TPSA) is 46.9 Å². The second kappa shape index (κ2) is 11.1. The van der Waals surface area contributed by atoms with E-state index in [4.69, 9.17) is 0 Å². The lowest BCUT2D eigenvalue weighted by Gasteiger charge is -2.37. The van der Waals surface area contributed by atoms with Crippen molar-refractivity contribution >= 4 is 11.6 Å². The average Bonchev–Trinajstić information content (AvgIpc) is 3.27. The molecule has 2 aromatic rings. The molecule has 0 radical (unpaired) electrons. The Morgan fingerprint density at radius 2 is 2.03 bits per heavy atom. The third kappa shape index (κ3) is 6.77. The molecule has 4 nitrogen and oxygen atoms in total. The van der Waals surface area contributed by atoms with Crippen molar-refractivity contribution in [3.05, 3.63) is 108 Å². The number of anilines is 1. The molecule has 3 rings (SSSR count). The Morgan fingerprint density at radius 3 is 2.74 bits per heavy atom. The zero-order valence-electron chi connectivity index (χ0n) is 20.7. The van der Waals surface area contributed by atoms with Crippen LogP contribution in [0.15, 0.2) is 102 Å². The Kier molecular flexibility index (Phi) is 8.21. The molecule has 1 aromatic carbocycles. The number of hydrogen-bond donors (Lipinski definition) is 1. The zero-order chi connectivity index (χ0) is 24.7. The minimum Gasteiger partial charge on any atom is -0.330 e. The van der Waals surface area contributed by atoms with Gasteiger partial charge in [0.2, 0.25) is 5.91 Å². The summed E-state index contributed by atoms with van der Waals surface area (Å²) in [5.74, 6) is -0.672. The minimum atomic E-state index is -0.383. The van der Waals surface area contributed by atoms with E-state index in [1.807, 2.05) is 43.9 Å². The van der Waals surface area contributed by atoms with Gasteiger partial charge in [-0.1, -0.05) is 55.9 Å². The summed E-state index contributed by atoms with van der Waals surface area (Å²) in [7, 11) is 0. The number of nitrogens with zero attached hydrogens (tertiary/aromatic N) is 2. The number of imidazole rings is 1. The van der Waals surface area contributed by atoms with Gasteiger partial charge < -0.3 is 9.88 Å². The second-order valence-electron chi connectivity index (χ2n) is 9.54. The van der Waals surface area contributed by atoms with Crippen LogP contribution in [0.1, 0.15) is 53.5 Å². The van der Waals surface area contributed by atoms with Crippen LogP contribution in [0.4, 0.5) is 10.1 Å². The average molecular weight is 460 g/mol. The summed E-state index contributed by atoms with van der Waals surface area (Å²) in [5, 5.41) is 2.67. The smallest absolute Gasteiger partial charge is 0.248 e. The van der Waals surface area contributed by atoms with Crippen molar-refractivity contribution in [3.63, 3.8) is 0 Å². The Balaban J connectivity index is 1.66. The van der Waals surface area contributed by atoms with Gasteiger partial charge in [0, 0.05) is 24.2 Å². The third-order valence-corrected chi connectivity index (χ3v) is 6.26. The van der Waals surface area contributed by atoms with E-state index in [0.717, 1.165) is 24.0 Å². The van der Waals surface area contributed by atoms with Crippen LogP contribution in [0.3, 0.4) is 0 Å². The van der Waals surface area contributed by atoms with Crippen LogP contribution in [0.2, 0.25) is 0 Å². The van der Waals surface area contributed by atoms with Gasteiger partial charge in [-0.3, -0.25) is 4.79 Å². The normalized spacial score (nSPS) is 19.3. The van der Waals surface area contributed by atoms with Gasteiger partial charge in [-0.25, -0.2) is 9.37 Å². The fraction of sp³-hybridized carbons (Fsp3) is 0.310. The molecule has 1 N–H and O–H groups in total. The molecule has 5 heteroatoms. The van der Waals surface area contributed by atoms with Gasteiger partial charge in [0.15, 0.2) is 0 Å². The summed E-state index contributed by atoms with van der Waals surface area (Å²) in [6.07, 6.45) is 19.7. The number of allylic oxidation sites excluding steroid dienone is 9. The highest BCUT2D eigenvalue weighted by molar-refractivity contribution is 5.99. The van der Waals surface area contributed by atoms with Gasteiger partial charge in [-0.2, -0.15) is 0 Å². The lowest BCUT2D eigenvalue weighted by atomic mass is 9.71. The van der Waals surface area contributed by atoms with Crippen LogP contribution in [-0.4, -0.2) is 15.5 Å². The first-order valence-electron chi connectivity index (χ1n) is 11.6. The van der Waals surface area contributed by atoms with E-state index in [-0.39, 0.29) is 17.1 Å². The van der Waals surface area contributed by atoms with Crippen LogP contribution in [-0.2, 0) is 4.79 Å². The standard InChI is InChI=1S/C29H34FN3O/c1-21(8-6-9-22(2)18-28(34)32-25-11-7-10-24(30)19-25)12-13-26-23(3)27(14-15-29(26,4)5)33-17-16-31-20-33/h6-13,16-20,27H,14-15H2,1-5H3,(H,32,34)/b9-6+,13-12+,21-8+,22-18+. The molecule has 0 spiro atoms. The first-order valence-corrected chi connectivity index (χ1v) is 11.6. The van der Waals surface area contributed by atoms with Crippen molar-refractivity contribution < 1.29 is 9.18 Å². The van der Waals surface area contributed by atoms with Gasteiger partial charge in [-0.05, 0) is 73.9 Å². The van der Waals surface area contributed by atoms with Crippen molar-refractivity contribution in [1.29, 1.82) is 0 Å². The van der Waals surface area contributed by atoms with Crippen LogP contribution < -0.4 is 5.32 Å². The van der Waals surface area contributed by atoms with Crippen LogP contribution in [0, 0.1) is 11.2 Å². The minimum absolute atomic E-state index is 0.127. The van der Waals surface area contributed by atoms with Crippen molar-refractivity contribution in [1.82, 2.24) is 9.55 Å². The van der Waals surface area contributed by atoms with E-state index < -0.39 is 0 Å². The fourth-order valence-electron chi connectivity index (χ4n) is 4.37. The molecule has 0 bridgehead atoms. The van der Waals surface area contributed by atoms with Gasteiger partial charge in [0.25, 0.3) is 0 Å². The lowest BCUT2D eigenvalue weighted by molar-refractivity contribution is -0.111. The summed E-state index contributed by atoms with van der Waals surface area (Å²) >= 11 is 0. The number of rotatable bonds is 7. The van der Waals surface area contributed by atoms with Gasteiger partial charge in [-0.15, -0.1) is 0 Å². The largest absolute Gasteiger partial charge is 0.330 e.